The standard InChI is InChI=1S/C14H20N6/c15-18-14(11-5-7-16-17-10-11)9-12-6-8-20(19-12)13-3-1-2-4-13/h5-8,10,13-14,18H,1-4,9,15H2. The van der Waals surface area contributed by atoms with Crippen LogP contribution in [0.4, 0.5) is 0 Å². The summed E-state index contributed by atoms with van der Waals surface area (Å²) in [5.41, 5.74) is 4.91. The summed E-state index contributed by atoms with van der Waals surface area (Å²) in [7, 11) is 0. The van der Waals surface area contributed by atoms with E-state index in [1.807, 2.05) is 6.07 Å². The van der Waals surface area contributed by atoms with Crippen molar-refractivity contribution in [2.24, 2.45) is 5.84 Å². The second-order valence-electron chi connectivity index (χ2n) is 5.32. The van der Waals surface area contributed by atoms with E-state index in [2.05, 4.69) is 32.6 Å². The molecule has 1 saturated carbocycles. The fourth-order valence-corrected chi connectivity index (χ4v) is 2.85. The number of rotatable bonds is 5. The van der Waals surface area contributed by atoms with Crippen LogP contribution in [-0.2, 0) is 6.42 Å². The molecule has 2 heterocycles. The molecule has 2 aromatic heterocycles. The van der Waals surface area contributed by atoms with Crippen LogP contribution in [0.2, 0.25) is 0 Å². The van der Waals surface area contributed by atoms with Crippen LogP contribution < -0.4 is 11.3 Å². The Morgan fingerprint density at radius 1 is 1.30 bits per heavy atom. The highest BCUT2D eigenvalue weighted by Gasteiger charge is 2.18. The van der Waals surface area contributed by atoms with E-state index >= 15 is 0 Å². The minimum absolute atomic E-state index is 0.0115. The molecule has 1 unspecified atom stereocenters. The predicted octanol–water partition coefficient (Wildman–Crippen LogP) is 1.54. The van der Waals surface area contributed by atoms with E-state index < -0.39 is 0 Å². The maximum atomic E-state index is 5.65. The molecule has 0 radical (unpaired) electrons. The second kappa shape index (κ2) is 6.11. The third-order valence-electron chi connectivity index (χ3n) is 3.99. The Balaban J connectivity index is 1.70. The molecule has 0 saturated heterocycles. The smallest absolute Gasteiger partial charge is 0.0644 e. The Morgan fingerprint density at radius 3 is 2.85 bits per heavy atom. The molecule has 0 bridgehead atoms. The van der Waals surface area contributed by atoms with E-state index in [-0.39, 0.29) is 6.04 Å². The van der Waals surface area contributed by atoms with Gasteiger partial charge in [-0.1, -0.05) is 12.8 Å². The van der Waals surface area contributed by atoms with Crippen molar-refractivity contribution in [3.05, 3.63) is 42.0 Å². The van der Waals surface area contributed by atoms with Crippen LogP contribution in [0, 0.1) is 0 Å². The van der Waals surface area contributed by atoms with Gasteiger partial charge < -0.3 is 0 Å². The number of hydrogen-bond acceptors (Lipinski definition) is 5. The molecule has 3 N–H and O–H groups in total. The molecular weight excluding hydrogens is 252 g/mol. The van der Waals surface area contributed by atoms with Crippen molar-refractivity contribution >= 4 is 0 Å². The molecule has 2 aromatic rings. The van der Waals surface area contributed by atoms with E-state index in [0.29, 0.717) is 6.04 Å². The van der Waals surface area contributed by atoms with Crippen LogP contribution in [0.1, 0.15) is 49.0 Å². The minimum Gasteiger partial charge on any atom is -0.271 e. The Labute approximate surface area is 118 Å². The molecule has 106 valence electrons. The maximum absolute atomic E-state index is 5.65. The summed E-state index contributed by atoms with van der Waals surface area (Å²) in [6, 6.07) is 4.59. The second-order valence-corrected chi connectivity index (χ2v) is 5.32. The van der Waals surface area contributed by atoms with Gasteiger partial charge in [-0.3, -0.25) is 16.0 Å². The molecular formula is C14H20N6. The highest BCUT2D eigenvalue weighted by molar-refractivity contribution is 5.15. The molecule has 1 atom stereocenters. The van der Waals surface area contributed by atoms with Crippen LogP contribution in [0.15, 0.2) is 30.7 Å². The van der Waals surface area contributed by atoms with Gasteiger partial charge in [0.2, 0.25) is 0 Å². The van der Waals surface area contributed by atoms with Gasteiger partial charge in [0.05, 0.1) is 24.0 Å². The Bertz CT molecular complexity index is 532. The van der Waals surface area contributed by atoms with Gasteiger partial charge in [0.25, 0.3) is 0 Å². The van der Waals surface area contributed by atoms with Gasteiger partial charge in [-0.2, -0.15) is 15.3 Å². The normalized spacial score (nSPS) is 17.4. The van der Waals surface area contributed by atoms with Gasteiger partial charge in [0, 0.05) is 18.8 Å². The van der Waals surface area contributed by atoms with Gasteiger partial charge >= 0.3 is 0 Å². The van der Waals surface area contributed by atoms with Crippen molar-refractivity contribution in [3.63, 3.8) is 0 Å². The first kappa shape index (κ1) is 13.2. The lowest BCUT2D eigenvalue weighted by Crippen LogP contribution is -2.29. The van der Waals surface area contributed by atoms with Crippen molar-refractivity contribution in [2.45, 2.75) is 44.2 Å². The number of hydrazine groups is 1. The monoisotopic (exact) mass is 272 g/mol. The minimum atomic E-state index is 0.0115. The number of nitrogens with two attached hydrogens (primary N) is 1. The summed E-state index contributed by atoms with van der Waals surface area (Å²) < 4.78 is 2.11. The number of aromatic nitrogens is 4. The molecule has 0 amide bonds. The lowest BCUT2D eigenvalue weighted by molar-refractivity contribution is 0.457. The van der Waals surface area contributed by atoms with Crippen LogP contribution in [0.5, 0.6) is 0 Å². The van der Waals surface area contributed by atoms with Gasteiger partial charge in [-0.25, -0.2) is 0 Å². The SMILES string of the molecule is NNC(Cc1ccn(C2CCCC2)n1)c1ccnnc1. The Hall–Kier alpha value is -1.79. The van der Waals surface area contributed by atoms with Gasteiger partial charge in [0.15, 0.2) is 0 Å². The molecule has 1 aliphatic rings. The van der Waals surface area contributed by atoms with Crippen LogP contribution in [0.25, 0.3) is 0 Å². The Kier molecular flexibility index (Phi) is 4.03. The summed E-state index contributed by atoms with van der Waals surface area (Å²) in [4.78, 5) is 0. The van der Waals surface area contributed by atoms with E-state index in [0.717, 1.165) is 17.7 Å². The zero-order chi connectivity index (χ0) is 13.8. The lowest BCUT2D eigenvalue weighted by atomic mass is 10.1. The first-order valence-electron chi connectivity index (χ1n) is 7.13. The topological polar surface area (TPSA) is 81.6 Å². The number of hydrogen-bond donors (Lipinski definition) is 2. The molecule has 3 rings (SSSR count). The third-order valence-corrected chi connectivity index (χ3v) is 3.99. The molecule has 1 aliphatic carbocycles. The summed E-state index contributed by atoms with van der Waals surface area (Å²) in [5, 5.41) is 12.4. The fraction of sp³-hybridized carbons (Fsp3) is 0.500. The molecule has 6 nitrogen and oxygen atoms in total. The molecule has 0 aromatic carbocycles. The van der Waals surface area contributed by atoms with Crippen molar-refractivity contribution in [2.75, 3.05) is 0 Å². The van der Waals surface area contributed by atoms with E-state index in [9.17, 15) is 0 Å². The number of nitrogens with zero attached hydrogens (tertiary/aromatic N) is 4. The maximum Gasteiger partial charge on any atom is 0.0644 e. The quantitative estimate of drug-likeness (QED) is 0.637. The zero-order valence-electron chi connectivity index (χ0n) is 11.4. The lowest BCUT2D eigenvalue weighted by Gasteiger charge is -2.14. The average molecular weight is 272 g/mol. The molecule has 0 spiro atoms. The summed E-state index contributed by atoms with van der Waals surface area (Å²) in [6.07, 6.45) is 11.4. The highest BCUT2D eigenvalue weighted by Crippen LogP contribution is 2.29. The van der Waals surface area contributed by atoms with Crippen molar-refractivity contribution in [3.8, 4) is 0 Å². The Morgan fingerprint density at radius 2 is 2.15 bits per heavy atom. The van der Waals surface area contributed by atoms with E-state index in [1.165, 1.54) is 25.7 Å². The van der Waals surface area contributed by atoms with Crippen molar-refractivity contribution in [1.82, 2.24) is 25.4 Å². The largest absolute Gasteiger partial charge is 0.271 e. The predicted molar refractivity (Wildman–Crippen MR) is 75.5 cm³/mol. The van der Waals surface area contributed by atoms with Crippen LogP contribution in [0.3, 0.4) is 0 Å². The van der Waals surface area contributed by atoms with Crippen molar-refractivity contribution in [1.29, 1.82) is 0 Å². The van der Waals surface area contributed by atoms with Crippen LogP contribution >= 0.6 is 0 Å². The van der Waals surface area contributed by atoms with Gasteiger partial charge in [-0.15, -0.1) is 0 Å². The van der Waals surface area contributed by atoms with E-state index in [4.69, 9.17) is 10.9 Å². The molecule has 6 heteroatoms. The van der Waals surface area contributed by atoms with Crippen molar-refractivity contribution < 1.29 is 0 Å². The molecule has 0 aliphatic heterocycles. The summed E-state index contributed by atoms with van der Waals surface area (Å²) in [6.45, 7) is 0. The number of nitrogens with one attached hydrogen (secondary N) is 1. The fourth-order valence-electron chi connectivity index (χ4n) is 2.85. The first-order chi connectivity index (χ1) is 9.86. The highest BCUT2D eigenvalue weighted by atomic mass is 15.3. The van der Waals surface area contributed by atoms with Crippen LogP contribution in [-0.4, -0.2) is 20.0 Å². The average Bonchev–Trinajstić information content (AvgIpc) is 3.16. The van der Waals surface area contributed by atoms with Gasteiger partial charge in [-0.05, 0) is 30.5 Å². The first-order valence-corrected chi connectivity index (χ1v) is 7.13. The molecule has 1 fully saturated rings. The third kappa shape index (κ3) is 2.86. The van der Waals surface area contributed by atoms with Gasteiger partial charge in [0.1, 0.15) is 0 Å². The van der Waals surface area contributed by atoms with E-state index in [1.54, 1.807) is 12.4 Å². The summed E-state index contributed by atoms with van der Waals surface area (Å²) in [5.74, 6) is 5.65. The molecule has 20 heavy (non-hydrogen) atoms. The summed E-state index contributed by atoms with van der Waals surface area (Å²) >= 11 is 0. The zero-order valence-corrected chi connectivity index (χ0v) is 11.4.